The van der Waals surface area contributed by atoms with Gasteiger partial charge in [0.1, 0.15) is 6.10 Å². The van der Waals surface area contributed by atoms with Gasteiger partial charge in [0.15, 0.2) is 0 Å². The maximum atomic E-state index is 12.4. The van der Waals surface area contributed by atoms with Crippen LogP contribution in [-0.2, 0) is 9.53 Å². The lowest BCUT2D eigenvalue weighted by Gasteiger charge is -2.28. The molecular formula is C43H82O5. The maximum Gasteiger partial charge on any atom is 0.308 e. The van der Waals surface area contributed by atoms with Crippen molar-refractivity contribution in [1.29, 1.82) is 0 Å². The van der Waals surface area contributed by atoms with Crippen LogP contribution in [0.1, 0.15) is 226 Å². The molecule has 0 heterocycles. The summed E-state index contributed by atoms with van der Waals surface area (Å²) in [5.41, 5.74) is 0. The van der Waals surface area contributed by atoms with E-state index in [0.717, 1.165) is 44.9 Å². The Balaban J connectivity index is 3.82. The number of allylic oxidation sites excluding steroid dienone is 3. The molecule has 284 valence electrons. The second-order valence-corrected chi connectivity index (χ2v) is 14.5. The zero-order valence-electron chi connectivity index (χ0n) is 32.1. The largest absolute Gasteiger partial charge is 0.426 e. The first-order chi connectivity index (χ1) is 23.5. The summed E-state index contributed by atoms with van der Waals surface area (Å²) in [6.45, 7) is 3.86. The minimum absolute atomic E-state index is 0.200. The van der Waals surface area contributed by atoms with Gasteiger partial charge in [0, 0.05) is 6.42 Å². The number of hydrogen-bond acceptors (Lipinski definition) is 5. The Bertz CT molecular complexity index is 720. The van der Waals surface area contributed by atoms with Crippen LogP contribution in [0.4, 0.5) is 0 Å². The van der Waals surface area contributed by atoms with Crippen LogP contribution in [0.15, 0.2) is 24.3 Å². The molecule has 0 aromatic heterocycles. The van der Waals surface area contributed by atoms with Crippen molar-refractivity contribution in [3.8, 4) is 0 Å². The molecule has 0 spiro atoms. The van der Waals surface area contributed by atoms with E-state index >= 15 is 0 Å². The average Bonchev–Trinajstić information content (AvgIpc) is 3.08. The molecule has 2 unspecified atom stereocenters. The van der Waals surface area contributed by atoms with Gasteiger partial charge in [-0.25, -0.2) is 0 Å². The molecule has 0 aliphatic carbocycles. The lowest BCUT2D eigenvalue weighted by Crippen LogP contribution is -2.46. The zero-order valence-corrected chi connectivity index (χ0v) is 32.1. The number of aliphatic hydroxyl groups is 3. The van der Waals surface area contributed by atoms with Crippen LogP contribution in [0.25, 0.3) is 0 Å². The van der Waals surface area contributed by atoms with Crippen molar-refractivity contribution in [2.24, 2.45) is 0 Å². The summed E-state index contributed by atoms with van der Waals surface area (Å²) in [5.74, 6) is -2.72. The summed E-state index contributed by atoms with van der Waals surface area (Å²) in [5, 5.41) is 30.4. The fraction of sp³-hybridized carbons (Fsp3) is 0.884. The third-order valence-corrected chi connectivity index (χ3v) is 9.65. The predicted octanol–water partition coefficient (Wildman–Crippen LogP) is 12.6. The molecule has 48 heavy (non-hydrogen) atoms. The van der Waals surface area contributed by atoms with Gasteiger partial charge in [0.25, 0.3) is 5.79 Å². The molecule has 0 saturated heterocycles. The second-order valence-electron chi connectivity index (χ2n) is 14.5. The quantitative estimate of drug-likeness (QED) is 0.0262. The van der Waals surface area contributed by atoms with Gasteiger partial charge in [0.05, 0.1) is 6.61 Å². The Morgan fingerprint density at radius 1 is 0.521 bits per heavy atom. The second kappa shape index (κ2) is 37.1. The highest BCUT2D eigenvalue weighted by atomic mass is 16.7. The van der Waals surface area contributed by atoms with Gasteiger partial charge in [-0.2, -0.15) is 0 Å². The zero-order chi connectivity index (χ0) is 35.2. The van der Waals surface area contributed by atoms with E-state index in [0.29, 0.717) is 6.42 Å². The fourth-order valence-corrected chi connectivity index (χ4v) is 6.33. The maximum absolute atomic E-state index is 12.4. The van der Waals surface area contributed by atoms with Crippen LogP contribution in [0.5, 0.6) is 0 Å². The third-order valence-electron chi connectivity index (χ3n) is 9.65. The van der Waals surface area contributed by atoms with E-state index in [1.54, 1.807) is 6.08 Å². The summed E-state index contributed by atoms with van der Waals surface area (Å²) >= 11 is 0. The molecule has 0 fully saturated rings. The molecule has 0 aliphatic rings. The first-order valence-electron chi connectivity index (χ1n) is 21.1. The molecule has 0 bridgehead atoms. The summed E-state index contributed by atoms with van der Waals surface area (Å²) in [6.07, 6.45) is 46.6. The molecule has 5 nitrogen and oxygen atoms in total. The number of ether oxygens (including phenoxy) is 1. The molecular weight excluding hydrogens is 596 g/mol. The Morgan fingerprint density at radius 2 is 0.833 bits per heavy atom. The average molecular weight is 679 g/mol. The standard InChI is InChI=1S/C43H82O5/c1-3-5-7-9-11-13-15-17-19-21-23-25-27-29-31-33-35-37-39-43(47,41(45)40-44)48-42(46)38-36-34-32-30-28-26-24-22-20-18-16-14-12-10-8-6-4-2/h22,24,37,39,41,44-45,47H,3-21,23,25-36,38,40H2,1-2H3/b24-22-,39-37?. The SMILES string of the molecule is CCCCCCCCCC/C=C\CCCCCCCC(=O)OC(O)(C=CCCCCCCCCCCCCCCCCCC)C(O)CO. The number of unbranched alkanes of at least 4 members (excludes halogenated alkanes) is 29. The normalized spacial score (nSPS) is 13.9. The highest BCUT2D eigenvalue weighted by Gasteiger charge is 2.36. The minimum Gasteiger partial charge on any atom is -0.426 e. The van der Waals surface area contributed by atoms with E-state index in [4.69, 9.17) is 4.74 Å². The van der Waals surface area contributed by atoms with Gasteiger partial charge < -0.3 is 20.1 Å². The van der Waals surface area contributed by atoms with Crippen LogP contribution in [0.3, 0.4) is 0 Å². The van der Waals surface area contributed by atoms with Gasteiger partial charge in [-0.05, 0) is 51.0 Å². The number of carbonyl (C=O) groups is 1. The Kier molecular flexibility index (Phi) is 36.2. The van der Waals surface area contributed by atoms with Crippen LogP contribution in [-0.4, -0.2) is 39.8 Å². The summed E-state index contributed by atoms with van der Waals surface area (Å²) in [6, 6.07) is 0. The number of carbonyl (C=O) groups excluding carboxylic acids is 1. The Morgan fingerprint density at radius 3 is 1.19 bits per heavy atom. The van der Waals surface area contributed by atoms with Crippen molar-refractivity contribution in [3.63, 3.8) is 0 Å². The number of hydrogen-bond donors (Lipinski definition) is 3. The monoisotopic (exact) mass is 679 g/mol. The van der Waals surface area contributed by atoms with E-state index < -0.39 is 24.5 Å². The molecule has 0 amide bonds. The molecule has 0 aliphatic heterocycles. The van der Waals surface area contributed by atoms with Gasteiger partial charge in [-0.15, -0.1) is 0 Å². The first kappa shape index (κ1) is 46.8. The first-order valence-corrected chi connectivity index (χ1v) is 21.1. The smallest absolute Gasteiger partial charge is 0.308 e. The van der Waals surface area contributed by atoms with Gasteiger partial charge in [-0.1, -0.05) is 193 Å². The van der Waals surface area contributed by atoms with Crippen LogP contribution in [0, 0.1) is 0 Å². The topological polar surface area (TPSA) is 87.0 Å². The van der Waals surface area contributed by atoms with Crippen molar-refractivity contribution < 1.29 is 24.9 Å². The van der Waals surface area contributed by atoms with Crippen molar-refractivity contribution in [3.05, 3.63) is 24.3 Å². The van der Waals surface area contributed by atoms with Crippen molar-refractivity contribution >= 4 is 5.97 Å². The summed E-state index contributed by atoms with van der Waals surface area (Å²) < 4.78 is 5.26. The predicted molar refractivity (Wildman–Crippen MR) is 206 cm³/mol. The van der Waals surface area contributed by atoms with E-state index in [1.807, 2.05) is 0 Å². The fourth-order valence-electron chi connectivity index (χ4n) is 6.33. The highest BCUT2D eigenvalue weighted by molar-refractivity contribution is 5.70. The molecule has 2 atom stereocenters. The number of rotatable bonds is 38. The van der Waals surface area contributed by atoms with Crippen LogP contribution in [0.2, 0.25) is 0 Å². The van der Waals surface area contributed by atoms with Gasteiger partial charge in [-0.3, -0.25) is 4.79 Å². The van der Waals surface area contributed by atoms with Gasteiger partial charge >= 0.3 is 5.97 Å². The van der Waals surface area contributed by atoms with Crippen molar-refractivity contribution in [2.45, 2.75) is 238 Å². The third kappa shape index (κ3) is 32.1. The van der Waals surface area contributed by atoms with Crippen LogP contribution >= 0.6 is 0 Å². The number of esters is 1. The van der Waals surface area contributed by atoms with Crippen LogP contribution < -0.4 is 0 Å². The molecule has 0 rings (SSSR count). The molecule has 3 N–H and O–H groups in total. The van der Waals surface area contributed by atoms with Gasteiger partial charge in [0.2, 0.25) is 0 Å². The lowest BCUT2D eigenvalue weighted by atomic mass is 10.0. The summed E-state index contributed by atoms with van der Waals surface area (Å²) in [7, 11) is 0. The molecule has 0 saturated carbocycles. The lowest BCUT2D eigenvalue weighted by molar-refractivity contribution is -0.228. The van der Waals surface area contributed by atoms with E-state index in [1.165, 1.54) is 160 Å². The highest BCUT2D eigenvalue weighted by Crippen LogP contribution is 2.19. The molecule has 5 heteroatoms. The Labute approximate surface area is 298 Å². The molecule has 0 aromatic rings. The van der Waals surface area contributed by atoms with E-state index in [9.17, 15) is 20.1 Å². The minimum atomic E-state index is -2.18. The van der Waals surface area contributed by atoms with Crippen molar-refractivity contribution in [2.75, 3.05) is 6.61 Å². The number of aliphatic hydroxyl groups excluding tert-OH is 2. The van der Waals surface area contributed by atoms with E-state index in [-0.39, 0.29) is 6.42 Å². The Hall–Kier alpha value is -1.17. The molecule has 0 aromatic carbocycles. The molecule has 0 radical (unpaired) electrons. The van der Waals surface area contributed by atoms with E-state index in [2.05, 4.69) is 26.0 Å². The summed E-state index contributed by atoms with van der Waals surface area (Å²) in [4.78, 5) is 12.4. The van der Waals surface area contributed by atoms with Crippen molar-refractivity contribution in [1.82, 2.24) is 0 Å².